The monoisotopic (exact) mass is 296 g/mol. The number of hydrogen-bond acceptors (Lipinski definition) is 3. The summed E-state index contributed by atoms with van der Waals surface area (Å²) < 4.78 is 7.18. The molecular formula is C18H20N2O2. The molecule has 4 heteroatoms. The highest BCUT2D eigenvalue weighted by atomic mass is 16.5. The summed E-state index contributed by atoms with van der Waals surface area (Å²) in [6.07, 6.45) is 0.134. The Labute approximate surface area is 130 Å². The van der Waals surface area contributed by atoms with Crippen LogP contribution in [0, 0.1) is 11.3 Å². The van der Waals surface area contributed by atoms with Crippen LogP contribution in [0.2, 0.25) is 0 Å². The van der Waals surface area contributed by atoms with Crippen molar-refractivity contribution < 1.29 is 4.74 Å². The van der Waals surface area contributed by atoms with Gasteiger partial charge in [0.2, 0.25) is 0 Å². The number of nitrogens with zero attached hydrogens (tertiary/aromatic N) is 2. The average molecular weight is 296 g/mol. The van der Waals surface area contributed by atoms with E-state index < -0.39 is 0 Å². The van der Waals surface area contributed by atoms with E-state index in [-0.39, 0.29) is 18.0 Å². The van der Waals surface area contributed by atoms with Gasteiger partial charge in [-0.3, -0.25) is 4.79 Å². The molecular weight excluding hydrogens is 276 g/mol. The Balaban J connectivity index is 2.53. The minimum absolute atomic E-state index is 0.0210. The molecule has 0 radical (unpaired) electrons. The van der Waals surface area contributed by atoms with Crippen molar-refractivity contribution in [1.82, 2.24) is 4.57 Å². The average Bonchev–Trinajstić information content (AvgIpc) is 2.50. The van der Waals surface area contributed by atoms with Crippen molar-refractivity contribution in [1.29, 1.82) is 5.26 Å². The van der Waals surface area contributed by atoms with Crippen LogP contribution in [-0.2, 0) is 6.42 Å². The second kappa shape index (κ2) is 6.95. The van der Waals surface area contributed by atoms with Gasteiger partial charge in [-0.2, -0.15) is 5.26 Å². The second-order valence-corrected chi connectivity index (χ2v) is 5.30. The van der Waals surface area contributed by atoms with Crippen LogP contribution in [0.25, 0.3) is 11.3 Å². The molecule has 22 heavy (non-hydrogen) atoms. The molecule has 0 fully saturated rings. The maximum atomic E-state index is 12.6. The van der Waals surface area contributed by atoms with Gasteiger partial charge in [0, 0.05) is 11.6 Å². The van der Waals surface area contributed by atoms with E-state index in [4.69, 9.17) is 10.00 Å². The molecule has 2 rings (SSSR count). The first-order chi connectivity index (χ1) is 10.6. The lowest BCUT2D eigenvalue weighted by Crippen LogP contribution is -2.26. The molecule has 0 aliphatic heterocycles. The molecule has 0 N–H and O–H groups in total. The van der Waals surface area contributed by atoms with E-state index in [9.17, 15) is 4.79 Å². The summed E-state index contributed by atoms with van der Waals surface area (Å²) >= 11 is 0. The van der Waals surface area contributed by atoms with E-state index in [1.807, 2.05) is 57.2 Å². The number of pyridine rings is 1. The van der Waals surface area contributed by atoms with E-state index in [0.29, 0.717) is 12.2 Å². The van der Waals surface area contributed by atoms with Gasteiger partial charge >= 0.3 is 0 Å². The molecule has 0 aliphatic rings. The molecule has 0 unspecified atom stereocenters. The highest BCUT2D eigenvalue weighted by Crippen LogP contribution is 2.24. The smallest absolute Gasteiger partial charge is 0.255 e. The quantitative estimate of drug-likeness (QED) is 0.847. The van der Waals surface area contributed by atoms with E-state index in [1.165, 1.54) is 0 Å². The Morgan fingerprint density at radius 2 is 1.86 bits per heavy atom. The molecule has 4 nitrogen and oxygen atoms in total. The lowest BCUT2D eigenvalue weighted by molar-refractivity contribution is 0.340. The summed E-state index contributed by atoms with van der Waals surface area (Å²) in [6, 6.07) is 13.4. The van der Waals surface area contributed by atoms with Gasteiger partial charge in [0.05, 0.1) is 24.8 Å². The SMILES string of the molecule is CCOc1ccc(-c2ccc(CC#N)c(=O)n2C(C)C)cc1. The van der Waals surface area contributed by atoms with Crippen LogP contribution in [0.5, 0.6) is 5.75 Å². The second-order valence-electron chi connectivity index (χ2n) is 5.30. The van der Waals surface area contributed by atoms with Crippen LogP contribution in [0.3, 0.4) is 0 Å². The van der Waals surface area contributed by atoms with Gasteiger partial charge in [-0.25, -0.2) is 0 Å². The van der Waals surface area contributed by atoms with Gasteiger partial charge < -0.3 is 9.30 Å². The molecule has 2 aromatic rings. The summed E-state index contributed by atoms with van der Waals surface area (Å²) in [4.78, 5) is 12.6. The first kappa shape index (κ1) is 15.8. The van der Waals surface area contributed by atoms with Crippen LogP contribution < -0.4 is 10.3 Å². The Bertz CT molecular complexity index is 737. The standard InChI is InChI=1S/C18H20N2O2/c1-4-22-16-8-5-14(6-9-16)17-10-7-15(11-12-19)18(21)20(17)13(2)3/h5-10,13H,4,11H2,1-3H3. The van der Waals surface area contributed by atoms with Crippen LogP contribution in [0.15, 0.2) is 41.2 Å². The summed E-state index contributed by atoms with van der Waals surface area (Å²) in [5, 5.41) is 8.83. The molecule has 0 bridgehead atoms. The van der Waals surface area contributed by atoms with E-state index in [2.05, 4.69) is 0 Å². The van der Waals surface area contributed by atoms with Crippen molar-refractivity contribution in [2.75, 3.05) is 6.61 Å². The molecule has 0 saturated carbocycles. The molecule has 0 spiro atoms. The number of nitriles is 1. The Morgan fingerprint density at radius 1 is 1.18 bits per heavy atom. The Kier molecular flexibility index (Phi) is 5.00. The topological polar surface area (TPSA) is 55.0 Å². The molecule has 0 aliphatic carbocycles. The fourth-order valence-electron chi connectivity index (χ4n) is 2.45. The Hall–Kier alpha value is -2.54. The van der Waals surface area contributed by atoms with Gasteiger partial charge in [-0.05, 0) is 56.7 Å². The highest BCUT2D eigenvalue weighted by Gasteiger charge is 2.13. The van der Waals surface area contributed by atoms with Crippen molar-refractivity contribution in [2.24, 2.45) is 0 Å². The predicted molar refractivity (Wildman–Crippen MR) is 87.0 cm³/mol. The lowest BCUT2D eigenvalue weighted by Gasteiger charge is -2.18. The maximum Gasteiger partial charge on any atom is 0.255 e. The van der Waals surface area contributed by atoms with Crippen LogP contribution in [0.4, 0.5) is 0 Å². The molecule has 1 aromatic carbocycles. The first-order valence-corrected chi connectivity index (χ1v) is 7.43. The third kappa shape index (κ3) is 3.20. The summed E-state index contributed by atoms with van der Waals surface area (Å²) in [6.45, 7) is 6.50. The van der Waals surface area contributed by atoms with Crippen molar-refractivity contribution in [2.45, 2.75) is 33.2 Å². The molecule has 0 amide bonds. The van der Waals surface area contributed by atoms with E-state index in [0.717, 1.165) is 17.0 Å². The number of rotatable bonds is 5. The zero-order valence-electron chi connectivity index (χ0n) is 13.2. The zero-order chi connectivity index (χ0) is 16.1. The number of hydrogen-bond donors (Lipinski definition) is 0. The summed E-state index contributed by atoms with van der Waals surface area (Å²) in [5.41, 5.74) is 2.25. The van der Waals surface area contributed by atoms with E-state index in [1.54, 1.807) is 10.6 Å². The van der Waals surface area contributed by atoms with Crippen molar-refractivity contribution in [3.05, 3.63) is 52.3 Å². The number of benzene rings is 1. The van der Waals surface area contributed by atoms with Gasteiger partial charge in [-0.1, -0.05) is 6.07 Å². The van der Waals surface area contributed by atoms with Crippen molar-refractivity contribution in [3.63, 3.8) is 0 Å². The number of aromatic nitrogens is 1. The van der Waals surface area contributed by atoms with Gasteiger partial charge in [0.25, 0.3) is 5.56 Å². The fraction of sp³-hybridized carbons (Fsp3) is 0.333. The van der Waals surface area contributed by atoms with Gasteiger partial charge in [0.15, 0.2) is 0 Å². The Morgan fingerprint density at radius 3 is 2.41 bits per heavy atom. The minimum Gasteiger partial charge on any atom is -0.494 e. The zero-order valence-corrected chi connectivity index (χ0v) is 13.2. The van der Waals surface area contributed by atoms with Gasteiger partial charge in [-0.15, -0.1) is 0 Å². The first-order valence-electron chi connectivity index (χ1n) is 7.43. The third-order valence-electron chi connectivity index (χ3n) is 3.44. The third-order valence-corrected chi connectivity index (χ3v) is 3.44. The number of ether oxygens (including phenoxy) is 1. The fourth-order valence-corrected chi connectivity index (χ4v) is 2.45. The molecule has 1 heterocycles. The van der Waals surface area contributed by atoms with Crippen molar-refractivity contribution >= 4 is 0 Å². The minimum atomic E-state index is -0.0945. The molecule has 114 valence electrons. The van der Waals surface area contributed by atoms with Crippen LogP contribution in [0.1, 0.15) is 32.4 Å². The summed E-state index contributed by atoms with van der Waals surface area (Å²) in [5.74, 6) is 0.811. The molecule has 1 aromatic heterocycles. The van der Waals surface area contributed by atoms with Crippen molar-refractivity contribution in [3.8, 4) is 23.1 Å². The maximum absolute atomic E-state index is 12.6. The van der Waals surface area contributed by atoms with Crippen LogP contribution in [-0.4, -0.2) is 11.2 Å². The van der Waals surface area contributed by atoms with Crippen LogP contribution >= 0.6 is 0 Å². The molecule has 0 saturated heterocycles. The van der Waals surface area contributed by atoms with E-state index >= 15 is 0 Å². The highest BCUT2D eigenvalue weighted by molar-refractivity contribution is 5.61. The largest absolute Gasteiger partial charge is 0.494 e. The summed E-state index contributed by atoms with van der Waals surface area (Å²) in [7, 11) is 0. The predicted octanol–water partition coefficient (Wildman–Crippen LogP) is 3.56. The molecule has 0 atom stereocenters. The van der Waals surface area contributed by atoms with Gasteiger partial charge in [0.1, 0.15) is 5.75 Å². The lowest BCUT2D eigenvalue weighted by atomic mass is 10.1. The normalized spacial score (nSPS) is 10.5.